The average molecular weight is 557 g/mol. The number of hydrogen-bond acceptors (Lipinski definition) is 4. The van der Waals surface area contributed by atoms with Crippen LogP contribution in [0, 0.1) is 0 Å². The number of nitrogens with one attached hydrogen (secondary N) is 2. The zero-order valence-electron chi connectivity index (χ0n) is 22.9. The van der Waals surface area contributed by atoms with E-state index < -0.39 is 18.1 Å². The van der Waals surface area contributed by atoms with E-state index in [-0.39, 0.29) is 11.8 Å². The van der Waals surface area contributed by atoms with E-state index in [1.807, 2.05) is 78.9 Å². The molecular formula is C34H28N4O4. The second kappa shape index (κ2) is 10.2. The molecule has 2 aliphatic rings. The number of carbonyl (C=O) groups is 3. The lowest BCUT2D eigenvalue weighted by atomic mass is 9.89. The van der Waals surface area contributed by atoms with Crippen LogP contribution in [0.1, 0.15) is 38.8 Å². The molecule has 0 unspecified atom stereocenters. The first kappa shape index (κ1) is 25.6. The van der Waals surface area contributed by atoms with Gasteiger partial charge in [0.15, 0.2) is 0 Å². The molecule has 1 fully saturated rings. The molecule has 7 rings (SSSR count). The van der Waals surface area contributed by atoms with E-state index in [0.29, 0.717) is 30.0 Å². The first-order valence-electron chi connectivity index (χ1n) is 13.9. The zero-order chi connectivity index (χ0) is 28.8. The van der Waals surface area contributed by atoms with Gasteiger partial charge in [0.05, 0.1) is 12.8 Å². The third kappa shape index (κ3) is 4.19. The van der Waals surface area contributed by atoms with Crippen LogP contribution in [0.4, 0.5) is 10.5 Å². The molecule has 1 aromatic heterocycles. The number of benzene rings is 4. The predicted octanol–water partition coefficient (Wildman–Crippen LogP) is 5.59. The van der Waals surface area contributed by atoms with Crippen LogP contribution in [0.15, 0.2) is 103 Å². The number of aromatic nitrogens is 1. The summed E-state index contributed by atoms with van der Waals surface area (Å²) < 4.78 is 5.36. The molecule has 2 N–H and O–H groups in total. The zero-order valence-corrected chi connectivity index (χ0v) is 22.9. The van der Waals surface area contributed by atoms with Gasteiger partial charge >= 0.3 is 6.03 Å². The van der Waals surface area contributed by atoms with Gasteiger partial charge in [0.1, 0.15) is 17.8 Å². The Morgan fingerprint density at radius 2 is 1.62 bits per heavy atom. The molecule has 0 radical (unpaired) electrons. The van der Waals surface area contributed by atoms with Crippen molar-refractivity contribution in [3.05, 3.63) is 131 Å². The van der Waals surface area contributed by atoms with E-state index in [1.54, 1.807) is 36.3 Å². The molecule has 0 spiro atoms. The Bertz CT molecular complexity index is 1810. The number of anilines is 1. The Morgan fingerprint density at radius 3 is 2.36 bits per heavy atom. The highest BCUT2D eigenvalue weighted by molar-refractivity contribution is 6.22. The van der Waals surface area contributed by atoms with Crippen molar-refractivity contribution >= 4 is 34.4 Å². The summed E-state index contributed by atoms with van der Waals surface area (Å²) in [7, 11) is 1.61. The number of ether oxygens (including phenoxy) is 1. The van der Waals surface area contributed by atoms with Crippen molar-refractivity contribution < 1.29 is 19.1 Å². The molecule has 1 saturated heterocycles. The summed E-state index contributed by atoms with van der Waals surface area (Å²) in [6.07, 6.45) is 0.410. The van der Waals surface area contributed by atoms with E-state index in [4.69, 9.17) is 4.74 Å². The molecule has 42 heavy (non-hydrogen) atoms. The monoisotopic (exact) mass is 556 g/mol. The smallest absolute Gasteiger partial charge is 0.332 e. The topological polar surface area (TPSA) is 94.7 Å². The molecular weight excluding hydrogens is 528 g/mol. The number of methoxy groups -OCH3 is 1. The maximum absolute atomic E-state index is 14.1. The summed E-state index contributed by atoms with van der Waals surface area (Å²) in [5, 5.41) is 3.96. The molecule has 0 aliphatic carbocycles. The number of H-pyrrole nitrogens is 1. The lowest BCUT2D eigenvalue weighted by Gasteiger charge is -2.36. The van der Waals surface area contributed by atoms with Crippen LogP contribution in [0.3, 0.4) is 0 Å². The number of imide groups is 1. The molecule has 8 nitrogen and oxygen atoms in total. The van der Waals surface area contributed by atoms with Gasteiger partial charge < -0.3 is 15.0 Å². The minimum atomic E-state index is -0.662. The third-order valence-corrected chi connectivity index (χ3v) is 8.16. The van der Waals surface area contributed by atoms with Gasteiger partial charge in [-0.2, -0.15) is 0 Å². The van der Waals surface area contributed by atoms with Gasteiger partial charge in [0.25, 0.3) is 11.8 Å². The summed E-state index contributed by atoms with van der Waals surface area (Å²) in [6, 6.07) is 30.3. The van der Waals surface area contributed by atoms with Crippen molar-refractivity contribution in [1.29, 1.82) is 0 Å². The van der Waals surface area contributed by atoms with Crippen molar-refractivity contribution in [2.45, 2.75) is 25.0 Å². The van der Waals surface area contributed by atoms with Crippen LogP contribution in [-0.4, -0.2) is 40.9 Å². The van der Waals surface area contributed by atoms with Gasteiger partial charge in [-0.1, -0.05) is 60.7 Å². The Morgan fingerprint density at radius 1 is 0.905 bits per heavy atom. The highest BCUT2D eigenvalue weighted by Gasteiger charge is 2.53. The fourth-order valence-electron chi connectivity index (χ4n) is 6.09. The SMILES string of the molecule is COc1ccc([C@H]2c3[nH]c4ccccc4c3C[C@H]3C(=O)N(c4ccc(C(=O)NCc5ccccc5)cc4)C(=O)N23)cc1. The molecule has 0 bridgehead atoms. The average Bonchev–Trinajstić information content (AvgIpc) is 3.53. The summed E-state index contributed by atoms with van der Waals surface area (Å²) in [6.45, 7) is 0.405. The second-order valence-electron chi connectivity index (χ2n) is 10.5. The normalized spacial score (nSPS) is 17.7. The standard InChI is InChI=1S/C34H28N4O4/c1-42-25-17-13-22(14-18-25)31-30-27(26-9-5-6-10-28(26)36-30)19-29-33(40)37(34(41)38(29)31)24-15-11-23(12-16-24)32(39)35-20-21-7-3-2-4-8-21/h2-18,29,31,36H,19-20H2,1H3,(H,35,39)/t29-,31-/m0/s1. The van der Waals surface area contributed by atoms with Gasteiger partial charge in [-0.25, -0.2) is 9.69 Å². The lowest BCUT2D eigenvalue weighted by molar-refractivity contribution is -0.120. The minimum Gasteiger partial charge on any atom is -0.497 e. The van der Waals surface area contributed by atoms with Crippen molar-refractivity contribution in [3.8, 4) is 5.75 Å². The number of urea groups is 1. The van der Waals surface area contributed by atoms with E-state index in [2.05, 4.69) is 10.3 Å². The molecule has 0 saturated carbocycles. The van der Waals surface area contributed by atoms with Crippen molar-refractivity contribution in [3.63, 3.8) is 0 Å². The quantitative estimate of drug-likeness (QED) is 0.267. The Balaban J connectivity index is 1.20. The number of fused-ring (bicyclic) bond motifs is 4. The fourth-order valence-corrected chi connectivity index (χ4v) is 6.09. The summed E-state index contributed by atoms with van der Waals surface area (Å²) in [4.78, 5) is 47.2. The minimum absolute atomic E-state index is 0.230. The van der Waals surface area contributed by atoms with Crippen LogP contribution in [-0.2, 0) is 17.8 Å². The van der Waals surface area contributed by atoms with Crippen LogP contribution < -0.4 is 15.0 Å². The molecule has 8 heteroatoms. The molecule has 2 aliphatic heterocycles. The summed E-state index contributed by atoms with van der Waals surface area (Å²) in [5.41, 5.74) is 5.68. The van der Waals surface area contributed by atoms with Crippen molar-refractivity contribution in [2.75, 3.05) is 12.0 Å². The number of aromatic amines is 1. The van der Waals surface area contributed by atoms with Gasteiger partial charge in [0, 0.05) is 35.1 Å². The highest BCUT2D eigenvalue weighted by atomic mass is 16.5. The predicted molar refractivity (Wildman–Crippen MR) is 159 cm³/mol. The third-order valence-electron chi connectivity index (χ3n) is 8.16. The van der Waals surface area contributed by atoms with E-state index in [1.165, 1.54) is 4.90 Å². The number of nitrogens with zero attached hydrogens (tertiary/aromatic N) is 2. The van der Waals surface area contributed by atoms with Gasteiger partial charge in [-0.3, -0.25) is 14.5 Å². The molecule has 4 amide bonds. The Labute approximate surface area is 242 Å². The summed E-state index contributed by atoms with van der Waals surface area (Å²) in [5.74, 6) is 0.198. The highest BCUT2D eigenvalue weighted by Crippen LogP contribution is 2.45. The van der Waals surface area contributed by atoms with E-state index >= 15 is 0 Å². The van der Waals surface area contributed by atoms with Crippen LogP contribution >= 0.6 is 0 Å². The van der Waals surface area contributed by atoms with Crippen molar-refractivity contribution in [2.24, 2.45) is 0 Å². The Kier molecular flexibility index (Phi) is 6.23. The second-order valence-corrected chi connectivity index (χ2v) is 10.5. The Hall–Kier alpha value is -5.37. The van der Waals surface area contributed by atoms with Gasteiger partial charge in [0.2, 0.25) is 0 Å². The first-order chi connectivity index (χ1) is 20.5. The number of rotatable bonds is 6. The van der Waals surface area contributed by atoms with Crippen molar-refractivity contribution in [1.82, 2.24) is 15.2 Å². The number of amides is 4. The molecule has 2 atom stereocenters. The number of hydrogen-bond donors (Lipinski definition) is 2. The number of para-hydroxylation sites is 1. The van der Waals surface area contributed by atoms with Gasteiger partial charge in [-0.05, 0) is 59.2 Å². The van der Waals surface area contributed by atoms with Crippen LogP contribution in [0.25, 0.3) is 10.9 Å². The molecule has 4 aromatic carbocycles. The first-order valence-corrected chi connectivity index (χ1v) is 13.9. The number of carbonyl (C=O) groups excluding carboxylic acids is 3. The largest absolute Gasteiger partial charge is 0.497 e. The fraction of sp³-hybridized carbons (Fsp3) is 0.147. The van der Waals surface area contributed by atoms with Gasteiger partial charge in [-0.15, -0.1) is 0 Å². The van der Waals surface area contributed by atoms with Crippen LogP contribution in [0.2, 0.25) is 0 Å². The van der Waals surface area contributed by atoms with Crippen LogP contribution in [0.5, 0.6) is 5.75 Å². The maximum Gasteiger partial charge on any atom is 0.332 e. The molecule has 208 valence electrons. The van der Waals surface area contributed by atoms with E-state index in [9.17, 15) is 14.4 Å². The molecule has 3 heterocycles. The lowest BCUT2D eigenvalue weighted by Crippen LogP contribution is -2.44. The molecule has 5 aromatic rings. The maximum atomic E-state index is 14.1. The van der Waals surface area contributed by atoms with E-state index in [0.717, 1.165) is 33.3 Å². The summed E-state index contributed by atoms with van der Waals surface area (Å²) >= 11 is 0.